The molecule has 0 unspecified atom stereocenters. The van der Waals surface area contributed by atoms with Gasteiger partial charge < -0.3 is 9.74 Å². The first-order chi connectivity index (χ1) is 8.67. The lowest BCUT2D eigenvalue weighted by molar-refractivity contribution is 0.0196. The molecule has 18 heavy (non-hydrogen) atoms. The maximum absolute atomic E-state index is 5.36. The minimum Gasteiger partial charge on any atom is -0.372 e. The summed E-state index contributed by atoms with van der Waals surface area (Å²) in [5, 5.41) is 0. The van der Waals surface area contributed by atoms with Gasteiger partial charge in [0.15, 0.2) is 0 Å². The molecule has 0 aliphatic carbocycles. The molecule has 0 aliphatic rings. The number of benzene rings is 1. The predicted molar refractivity (Wildman–Crippen MR) is 77.6 cm³/mol. The molecule has 1 aromatic carbocycles. The van der Waals surface area contributed by atoms with Crippen molar-refractivity contribution >= 4 is 5.69 Å². The molecule has 102 valence electrons. The van der Waals surface area contributed by atoms with Gasteiger partial charge in [0, 0.05) is 25.3 Å². The van der Waals surface area contributed by atoms with Crippen molar-refractivity contribution in [1.82, 2.24) is 5.48 Å². The van der Waals surface area contributed by atoms with Gasteiger partial charge in [-0.15, -0.1) is 0 Å². The minimum atomic E-state index is 0.558. The number of rotatable bonds is 8. The molecule has 0 radical (unpaired) electrons. The maximum Gasteiger partial charge on any atom is 0.0705 e. The van der Waals surface area contributed by atoms with E-state index in [2.05, 4.69) is 62.3 Å². The van der Waals surface area contributed by atoms with Gasteiger partial charge in [-0.2, -0.15) is 5.48 Å². The SMILES string of the molecule is CCN(CC)c1ccc(CNOCC(C)C)cc1. The number of hydroxylamine groups is 1. The number of nitrogens with one attached hydrogen (secondary N) is 1. The van der Waals surface area contributed by atoms with E-state index in [4.69, 9.17) is 4.84 Å². The Hall–Kier alpha value is -1.06. The van der Waals surface area contributed by atoms with E-state index < -0.39 is 0 Å². The molecule has 0 spiro atoms. The lowest BCUT2D eigenvalue weighted by Crippen LogP contribution is -2.21. The molecule has 1 N–H and O–H groups in total. The summed E-state index contributed by atoms with van der Waals surface area (Å²) in [5.74, 6) is 0.558. The van der Waals surface area contributed by atoms with E-state index in [1.165, 1.54) is 11.3 Å². The van der Waals surface area contributed by atoms with Crippen LogP contribution in [0.25, 0.3) is 0 Å². The molecule has 0 atom stereocenters. The molecule has 0 bridgehead atoms. The Bertz CT molecular complexity index is 318. The summed E-state index contributed by atoms with van der Waals surface area (Å²) in [6.45, 7) is 12.2. The fourth-order valence-electron chi connectivity index (χ4n) is 1.77. The van der Waals surface area contributed by atoms with E-state index in [-0.39, 0.29) is 0 Å². The largest absolute Gasteiger partial charge is 0.372 e. The fraction of sp³-hybridized carbons (Fsp3) is 0.600. The van der Waals surface area contributed by atoms with Gasteiger partial charge >= 0.3 is 0 Å². The zero-order valence-corrected chi connectivity index (χ0v) is 12.1. The summed E-state index contributed by atoms with van der Waals surface area (Å²) in [4.78, 5) is 7.70. The zero-order valence-electron chi connectivity index (χ0n) is 12.1. The zero-order chi connectivity index (χ0) is 13.4. The van der Waals surface area contributed by atoms with Crippen molar-refractivity contribution in [2.45, 2.75) is 34.2 Å². The van der Waals surface area contributed by atoms with Gasteiger partial charge in [-0.1, -0.05) is 26.0 Å². The first kappa shape index (κ1) is 15.0. The molecule has 0 aliphatic heterocycles. The van der Waals surface area contributed by atoms with Crippen molar-refractivity contribution in [3.8, 4) is 0 Å². The van der Waals surface area contributed by atoms with E-state index in [0.717, 1.165) is 26.2 Å². The van der Waals surface area contributed by atoms with Crippen molar-refractivity contribution in [1.29, 1.82) is 0 Å². The summed E-state index contributed by atoms with van der Waals surface area (Å²) in [6.07, 6.45) is 0. The second kappa shape index (κ2) is 8.11. The molecular weight excluding hydrogens is 224 g/mol. The van der Waals surface area contributed by atoms with Crippen LogP contribution in [0.4, 0.5) is 5.69 Å². The highest BCUT2D eigenvalue weighted by atomic mass is 16.6. The van der Waals surface area contributed by atoms with Crippen LogP contribution in [0, 0.1) is 5.92 Å². The second-order valence-electron chi connectivity index (χ2n) is 4.86. The van der Waals surface area contributed by atoms with Crippen molar-refractivity contribution in [2.24, 2.45) is 5.92 Å². The monoisotopic (exact) mass is 250 g/mol. The number of anilines is 1. The highest BCUT2D eigenvalue weighted by molar-refractivity contribution is 5.47. The third-order valence-electron chi connectivity index (χ3n) is 2.86. The first-order valence-corrected chi connectivity index (χ1v) is 6.85. The summed E-state index contributed by atoms with van der Waals surface area (Å²) >= 11 is 0. The predicted octanol–water partition coefficient (Wildman–Crippen LogP) is 3.21. The lowest BCUT2D eigenvalue weighted by atomic mass is 10.2. The molecule has 0 fully saturated rings. The van der Waals surface area contributed by atoms with Crippen LogP contribution in [0.3, 0.4) is 0 Å². The third kappa shape index (κ3) is 5.07. The summed E-state index contributed by atoms with van der Waals surface area (Å²) in [7, 11) is 0. The Balaban J connectivity index is 2.40. The average molecular weight is 250 g/mol. The van der Waals surface area contributed by atoms with Gasteiger partial charge in [0.2, 0.25) is 0 Å². The average Bonchev–Trinajstić information content (AvgIpc) is 2.37. The smallest absolute Gasteiger partial charge is 0.0705 e. The summed E-state index contributed by atoms with van der Waals surface area (Å²) in [5.41, 5.74) is 5.53. The Morgan fingerprint density at radius 3 is 2.22 bits per heavy atom. The topological polar surface area (TPSA) is 24.5 Å². The summed E-state index contributed by atoms with van der Waals surface area (Å²) in [6, 6.07) is 8.65. The molecule has 0 heterocycles. The van der Waals surface area contributed by atoms with E-state index in [1.807, 2.05) is 0 Å². The number of hydrogen-bond acceptors (Lipinski definition) is 3. The van der Waals surface area contributed by atoms with Crippen LogP contribution in [0.5, 0.6) is 0 Å². The summed E-state index contributed by atoms with van der Waals surface area (Å²) < 4.78 is 0. The highest BCUT2D eigenvalue weighted by Gasteiger charge is 2.01. The Labute approximate surface area is 111 Å². The number of hydrogen-bond donors (Lipinski definition) is 1. The minimum absolute atomic E-state index is 0.558. The van der Waals surface area contributed by atoms with Crippen molar-refractivity contribution in [2.75, 3.05) is 24.6 Å². The van der Waals surface area contributed by atoms with E-state index in [9.17, 15) is 0 Å². The standard InChI is InChI=1S/C15H26N2O/c1-5-17(6-2)15-9-7-14(8-10-15)11-16-18-12-13(3)4/h7-10,13,16H,5-6,11-12H2,1-4H3. The first-order valence-electron chi connectivity index (χ1n) is 6.85. The molecular formula is C15H26N2O. The molecule has 1 rings (SSSR count). The maximum atomic E-state index is 5.36. The molecule has 3 heteroatoms. The van der Waals surface area contributed by atoms with Crippen molar-refractivity contribution in [3.05, 3.63) is 29.8 Å². The highest BCUT2D eigenvalue weighted by Crippen LogP contribution is 2.14. The fourth-order valence-corrected chi connectivity index (χ4v) is 1.77. The van der Waals surface area contributed by atoms with Gasteiger partial charge in [0.1, 0.15) is 0 Å². The molecule has 0 amide bonds. The van der Waals surface area contributed by atoms with Crippen LogP contribution in [-0.2, 0) is 11.4 Å². The molecule has 0 saturated heterocycles. The Kier molecular flexibility index (Phi) is 6.76. The van der Waals surface area contributed by atoms with Crippen LogP contribution >= 0.6 is 0 Å². The van der Waals surface area contributed by atoms with Gasteiger partial charge in [-0.3, -0.25) is 0 Å². The van der Waals surface area contributed by atoms with Crippen molar-refractivity contribution < 1.29 is 4.84 Å². The van der Waals surface area contributed by atoms with E-state index in [1.54, 1.807) is 0 Å². The van der Waals surface area contributed by atoms with Crippen LogP contribution in [-0.4, -0.2) is 19.7 Å². The molecule has 1 aromatic rings. The van der Waals surface area contributed by atoms with E-state index >= 15 is 0 Å². The lowest BCUT2D eigenvalue weighted by Gasteiger charge is -2.21. The van der Waals surface area contributed by atoms with Crippen LogP contribution in [0.1, 0.15) is 33.3 Å². The van der Waals surface area contributed by atoms with Crippen LogP contribution < -0.4 is 10.4 Å². The third-order valence-corrected chi connectivity index (χ3v) is 2.86. The van der Waals surface area contributed by atoms with Gasteiger partial charge in [0.05, 0.1) is 6.61 Å². The van der Waals surface area contributed by atoms with Crippen molar-refractivity contribution in [3.63, 3.8) is 0 Å². The van der Waals surface area contributed by atoms with Gasteiger partial charge in [0.25, 0.3) is 0 Å². The quantitative estimate of drug-likeness (QED) is 0.566. The van der Waals surface area contributed by atoms with Gasteiger partial charge in [-0.05, 0) is 37.5 Å². The van der Waals surface area contributed by atoms with Crippen LogP contribution in [0.15, 0.2) is 24.3 Å². The Morgan fingerprint density at radius 2 is 1.72 bits per heavy atom. The van der Waals surface area contributed by atoms with Gasteiger partial charge in [-0.25, -0.2) is 0 Å². The molecule has 0 aromatic heterocycles. The second-order valence-corrected chi connectivity index (χ2v) is 4.86. The van der Waals surface area contributed by atoms with E-state index in [0.29, 0.717) is 5.92 Å². The normalized spacial score (nSPS) is 10.9. The molecule has 3 nitrogen and oxygen atoms in total. The molecule has 0 saturated carbocycles. The Morgan fingerprint density at radius 1 is 1.11 bits per heavy atom. The van der Waals surface area contributed by atoms with Crippen LogP contribution in [0.2, 0.25) is 0 Å². The number of nitrogens with zero attached hydrogens (tertiary/aromatic N) is 1.